The highest BCUT2D eigenvalue weighted by Gasteiger charge is 2.30. The van der Waals surface area contributed by atoms with Crippen LogP contribution in [-0.4, -0.2) is 37.1 Å². The highest BCUT2D eigenvalue weighted by atomic mass is 15.2. The summed E-state index contributed by atoms with van der Waals surface area (Å²) in [5.41, 5.74) is 0. The molecule has 0 amide bonds. The van der Waals surface area contributed by atoms with Crippen LogP contribution in [0.2, 0.25) is 0 Å². The van der Waals surface area contributed by atoms with E-state index < -0.39 is 0 Å². The van der Waals surface area contributed by atoms with Crippen LogP contribution in [0.15, 0.2) is 0 Å². The van der Waals surface area contributed by atoms with Crippen LogP contribution in [0.25, 0.3) is 0 Å². The summed E-state index contributed by atoms with van der Waals surface area (Å²) in [5.74, 6) is 2.00. The van der Waals surface area contributed by atoms with Gasteiger partial charge in [0, 0.05) is 32.2 Å². The Morgan fingerprint density at radius 3 is 2.86 bits per heavy atom. The Hall–Kier alpha value is -0.0800. The molecule has 14 heavy (non-hydrogen) atoms. The van der Waals surface area contributed by atoms with E-state index in [1.807, 2.05) is 0 Å². The van der Waals surface area contributed by atoms with E-state index in [0.29, 0.717) is 0 Å². The first-order chi connectivity index (χ1) is 6.79. The lowest BCUT2D eigenvalue weighted by Gasteiger charge is -2.34. The van der Waals surface area contributed by atoms with Gasteiger partial charge in [-0.15, -0.1) is 0 Å². The first-order valence-electron chi connectivity index (χ1n) is 6.25. The van der Waals surface area contributed by atoms with Crippen molar-refractivity contribution in [1.29, 1.82) is 0 Å². The van der Waals surface area contributed by atoms with Gasteiger partial charge in [0.25, 0.3) is 0 Å². The number of rotatable bonds is 4. The van der Waals surface area contributed by atoms with Crippen molar-refractivity contribution in [3.05, 3.63) is 0 Å². The van der Waals surface area contributed by atoms with Crippen molar-refractivity contribution >= 4 is 0 Å². The molecule has 2 fully saturated rings. The van der Waals surface area contributed by atoms with Crippen molar-refractivity contribution in [3.8, 4) is 0 Å². The molecule has 0 aromatic heterocycles. The zero-order valence-electron chi connectivity index (χ0n) is 9.63. The van der Waals surface area contributed by atoms with E-state index in [0.717, 1.165) is 17.9 Å². The summed E-state index contributed by atoms with van der Waals surface area (Å²) < 4.78 is 0. The molecule has 0 aromatic carbocycles. The van der Waals surface area contributed by atoms with E-state index in [-0.39, 0.29) is 0 Å². The second-order valence-corrected chi connectivity index (χ2v) is 5.13. The van der Waals surface area contributed by atoms with Gasteiger partial charge in [0.2, 0.25) is 0 Å². The van der Waals surface area contributed by atoms with Gasteiger partial charge in [0.05, 0.1) is 0 Å². The van der Waals surface area contributed by atoms with Crippen molar-refractivity contribution < 1.29 is 0 Å². The summed E-state index contributed by atoms with van der Waals surface area (Å²) >= 11 is 0. The summed E-state index contributed by atoms with van der Waals surface area (Å²) in [6, 6.07) is 0.746. The maximum atomic E-state index is 3.58. The molecule has 2 unspecified atom stereocenters. The third kappa shape index (κ3) is 2.71. The minimum Gasteiger partial charge on any atom is -0.311 e. The summed E-state index contributed by atoms with van der Waals surface area (Å²) in [5, 5.41) is 3.58. The van der Waals surface area contributed by atoms with Gasteiger partial charge in [-0.25, -0.2) is 0 Å². The van der Waals surface area contributed by atoms with Gasteiger partial charge in [0.1, 0.15) is 0 Å². The van der Waals surface area contributed by atoms with Crippen molar-refractivity contribution in [3.63, 3.8) is 0 Å². The summed E-state index contributed by atoms with van der Waals surface area (Å²) in [6.45, 7) is 9.77. The van der Waals surface area contributed by atoms with E-state index in [9.17, 15) is 0 Å². The van der Waals surface area contributed by atoms with E-state index >= 15 is 0 Å². The van der Waals surface area contributed by atoms with Crippen LogP contribution in [0.4, 0.5) is 0 Å². The molecule has 1 heterocycles. The molecule has 2 heteroatoms. The zero-order valence-corrected chi connectivity index (χ0v) is 9.63. The molecule has 1 N–H and O–H groups in total. The topological polar surface area (TPSA) is 15.3 Å². The number of hydrogen-bond acceptors (Lipinski definition) is 2. The molecule has 2 atom stereocenters. The van der Waals surface area contributed by atoms with Crippen LogP contribution >= 0.6 is 0 Å². The lowest BCUT2D eigenvalue weighted by molar-refractivity contribution is 0.168. The van der Waals surface area contributed by atoms with E-state index in [1.165, 1.54) is 45.4 Å². The van der Waals surface area contributed by atoms with Crippen LogP contribution in [0.1, 0.15) is 33.1 Å². The smallest absolute Gasteiger partial charge is 0.0192 e. The van der Waals surface area contributed by atoms with Gasteiger partial charge >= 0.3 is 0 Å². The Kier molecular flexibility index (Phi) is 3.45. The highest BCUT2D eigenvalue weighted by molar-refractivity contribution is 4.84. The average molecular weight is 196 g/mol. The second kappa shape index (κ2) is 4.63. The molecule has 1 saturated carbocycles. The van der Waals surface area contributed by atoms with E-state index in [2.05, 4.69) is 24.1 Å². The van der Waals surface area contributed by atoms with Crippen LogP contribution < -0.4 is 5.32 Å². The van der Waals surface area contributed by atoms with E-state index in [4.69, 9.17) is 0 Å². The fourth-order valence-corrected chi connectivity index (χ4v) is 2.56. The molecule has 0 radical (unpaired) electrons. The molecule has 2 rings (SSSR count). The highest BCUT2D eigenvalue weighted by Crippen LogP contribution is 2.36. The first kappa shape index (κ1) is 10.4. The molecular weight excluding hydrogens is 172 g/mol. The molecule has 82 valence electrons. The Balaban J connectivity index is 1.73. The van der Waals surface area contributed by atoms with Crippen molar-refractivity contribution in [1.82, 2.24) is 10.2 Å². The Morgan fingerprint density at radius 1 is 1.43 bits per heavy atom. The number of hydrogen-bond donors (Lipinski definition) is 1. The Labute approximate surface area is 88.1 Å². The molecule has 1 aliphatic heterocycles. The van der Waals surface area contributed by atoms with Gasteiger partial charge in [-0.05, 0) is 31.1 Å². The lowest BCUT2D eigenvalue weighted by atomic mass is 10.0. The van der Waals surface area contributed by atoms with Gasteiger partial charge in [-0.1, -0.05) is 13.8 Å². The molecule has 0 bridgehead atoms. The maximum Gasteiger partial charge on any atom is 0.0192 e. The third-order valence-electron chi connectivity index (χ3n) is 3.81. The quantitative estimate of drug-likeness (QED) is 0.736. The Bertz CT molecular complexity index is 177. The predicted octanol–water partition coefficient (Wildman–Crippen LogP) is 1.72. The minimum atomic E-state index is 0.746. The normalized spacial score (nSPS) is 31.7. The molecular formula is C12H24N2. The van der Waals surface area contributed by atoms with Crippen LogP contribution in [-0.2, 0) is 0 Å². The van der Waals surface area contributed by atoms with Gasteiger partial charge in [-0.2, -0.15) is 0 Å². The molecule has 1 aliphatic carbocycles. The SMILES string of the molecule is CCC1CN(CC(C)C2CC2)CCN1. The molecule has 0 aromatic rings. The standard InChI is InChI=1S/C12H24N2/c1-3-12-9-14(7-6-13-12)8-10(2)11-4-5-11/h10-13H,3-9H2,1-2H3. The van der Waals surface area contributed by atoms with Crippen LogP contribution in [0, 0.1) is 11.8 Å². The second-order valence-electron chi connectivity index (χ2n) is 5.13. The van der Waals surface area contributed by atoms with Crippen molar-refractivity contribution in [2.45, 2.75) is 39.2 Å². The summed E-state index contributed by atoms with van der Waals surface area (Å²) in [6.07, 6.45) is 4.25. The van der Waals surface area contributed by atoms with Gasteiger partial charge in [-0.3, -0.25) is 0 Å². The van der Waals surface area contributed by atoms with E-state index in [1.54, 1.807) is 0 Å². The Morgan fingerprint density at radius 2 is 2.21 bits per heavy atom. The summed E-state index contributed by atoms with van der Waals surface area (Å²) in [7, 11) is 0. The van der Waals surface area contributed by atoms with Crippen molar-refractivity contribution in [2.75, 3.05) is 26.2 Å². The summed E-state index contributed by atoms with van der Waals surface area (Å²) in [4.78, 5) is 2.66. The number of piperazine rings is 1. The zero-order chi connectivity index (χ0) is 9.97. The fraction of sp³-hybridized carbons (Fsp3) is 1.00. The minimum absolute atomic E-state index is 0.746. The predicted molar refractivity (Wildman–Crippen MR) is 60.4 cm³/mol. The fourth-order valence-electron chi connectivity index (χ4n) is 2.56. The third-order valence-corrected chi connectivity index (χ3v) is 3.81. The van der Waals surface area contributed by atoms with Gasteiger partial charge < -0.3 is 10.2 Å². The molecule has 2 aliphatic rings. The average Bonchev–Trinajstić information content (AvgIpc) is 3.01. The number of nitrogens with one attached hydrogen (secondary N) is 1. The largest absolute Gasteiger partial charge is 0.311 e. The van der Waals surface area contributed by atoms with Crippen molar-refractivity contribution in [2.24, 2.45) is 11.8 Å². The monoisotopic (exact) mass is 196 g/mol. The van der Waals surface area contributed by atoms with Gasteiger partial charge in [0.15, 0.2) is 0 Å². The van der Waals surface area contributed by atoms with Crippen LogP contribution in [0.5, 0.6) is 0 Å². The maximum absolute atomic E-state index is 3.58. The first-order valence-corrected chi connectivity index (χ1v) is 6.25. The lowest BCUT2D eigenvalue weighted by Crippen LogP contribution is -2.51. The molecule has 0 spiro atoms. The number of nitrogens with zero attached hydrogens (tertiary/aromatic N) is 1. The molecule has 1 saturated heterocycles. The van der Waals surface area contributed by atoms with Crippen LogP contribution in [0.3, 0.4) is 0 Å². The molecule has 2 nitrogen and oxygen atoms in total.